The molecule has 0 saturated carbocycles. The summed E-state index contributed by atoms with van der Waals surface area (Å²) in [7, 11) is -3.47. The van der Waals surface area contributed by atoms with Crippen LogP contribution in [-0.2, 0) is 19.6 Å². The van der Waals surface area contributed by atoms with Gasteiger partial charge in [0.05, 0.1) is 29.5 Å². The lowest BCUT2D eigenvalue weighted by Crippen LogP contribution is -2.36. The summed E-state index contributed by atoms with van der Waals surface area (Å²) in [6.45, 7) is 3.37. The van der Waals surface area contributed by atoms with Crippen LogP contribution in [0.5, 0.6) is 0 Å². The van der Waals surface area contributed by atoms with Gasteiger partial charge in [-0.25, -0.2) is 18.2 Å². The van der Waals surface area contributed by atoms with Gasteiger partial charge in [-0.05, 0) is 25.0 Å². The van der Waals surface area contributed by atoms with E-state index in [0.717, 1.165) is 18.4 Å². The van der Waals surface area contributed by atoms with Gasteiger partial charge in [-0.1, -0.05) is 18.2 Å². The predicted octanol–water partition coefficient (Wildman–Crippen LogP) is 2.62. The number of ether oxygens (including phenoxy) is 1. The van der Waals surface area contributed by atoms with Crippen molar-refractivity contribution in [3.8, 4) is 0 Å². The van der Waals surface area contributed by atoms with E-state index in [1.54, 1.807) is 29.0 Å². The molecular weight excluding hydrogens is 439 g/mol. The Morgan fingerprint density at radius 2 is 2.00 bits per heavy atom. The molecule has 2 fully saturated rings. The maximum Gasteiger partial charge on any atom is 0.490 e. The zero-order chi connectivity index (χ0) is 22.9. The van der Waals surface area contributed by atoms with E-state index < -0.39 is 22.2 Å². The van der Waals surface area contributed by atoms with E-state index in [0.29, 0.717) is 24.6 Å². The average Bonchev–Trinajstić information content (AvgIpc) is 3.44. The SMILES string of the molecule is Cc1ccccc1S(=O)(=O)N1CCC2(CC(n3ccnc3)CO2)C1.O=C(O)C(F)(F)F. The van der Waals surface area contributed by atoms with Crippen LogP contribution < -0.4 is 0 Å². The Labute approximate surface area is 177 Å². The third-order valence-electron chi connectivity index (χ3n) is 5.37. The van der Waals surface area contributed by atoms with Crippen LogP contribution >= 0.6 is 0 Å². The number of carboxylic acids is 1. The number of nitrogens with zero attached hydrogens (tertiary/aromatic N) is 3. The molecule has 2 aliphatic rings. The minimum atomic E-state index is -5.08. The zero-order valence-electron chi connectivity index (χ0n) is 16.6. The number of halogens is 3. The zero-order valence-corrected chi connectivity index (χ0v) is 17.4. The number of carbonyl (C=O) groups is 1. The fourth-order valence-electron chi connectivity index (χ4n) is 3.78. The summed E-state index contributed by atoms with van der Waals surface area (Å²) >= 11 is 0. The summed E-state index contributed by atoms with van der Waals surface area (Å²) in [5.74, 6) is -2.76. The number of rotatable bonds is 3. The first-order valence-corrected chi connectivity index (χ1v) is 10.9. The van der Waals surface area contributed by atoms with Crippen molar-refractivity contribution in [2.75, 3.05) is 19.7 Å². The summed E-state index contributed by atoms with van der Waals surface area (Å²) in [6.07, 6.45) is 1.97. The Bertz CT molecular complexity index is 1030. The van der Waals surface area contributed by atoms with Crippen LogP contribution in [0.4, 0.5) is 13.2 Å². The molecule has 1 N–H and O–H groups in total. The number of benzene rings is 1. The number of alkyl halides is 3. The van der Waals surface area contributed by atoms with Crippen molar-refractivity contribution in [1.29, 1.82) is 0 Å². The Morgan fingerprint density at radius 3 is 2.58 bits per heavy atom. The van der Waals surface area contributed by atoms with E-state index >= 15 is 0 Å². The lowest BCUT2D eigenvalue weighted by atomic mass is 9.97. The van der Waals surface area contributed by atoms with Gasteiger partial charge in [0.1, 0.15) is 0 Å². The van der Waals surface area contributed by atoms with Crippen LogP contribution in [0.25, 0.3) is 0 Å². The maximum atomic E-state index is 13.0. The fraction of sp³-hybridized carbons (Fsp3) is 0.474. The predicted molar refractivity (Wildman–Crippen MR) is 103 cm³/mol. The van der Waals surface area contributed by atoms with Crippen LogP contribution in [0.15, 0.2) is 47.9 Å². The number of hydrogen-bond acceptors (Lipinski definition) is 5. The van der Waals surface area contributed by atoms with Gasteiger partial charge in [0, 0.05) is 31.9 Å². The lowest BCUT2D eigenvalue weighted by molar-refractivity contribution is -0.192. The molecule has 0 radical (unpaired) electrons. The minimum absolute atomic E-state index is 0.230. The molecule has 0 amide bonds. The second kappa shape index (κ2) is 8.60. The van der Waals surface area contributed by atoms with Crippen molar-refractivity contribution >= 4 is 16.0 Å². The van der Waals surface area contributed by atoms with Crippen molar-refractivity contribution in [2.24, 2.45) is 0 Å². The Balaban J connectivity index is 0.000000339. The lowest BCUT2D eigenvalue weighted by Gasteiger charge is -2.23. The number of sulfonamides is 1. The molecule has 2 aliphatic heterocycles. The molecule has 2 atom stereocenters. The summed E-state index contributed by atoms with van der Waals surface area (Å²) < 4.78 is 67.4. The fourth-order valence-corrected chi connectivity index (χ4v) is 5.52. The molecule has 0 aliphatic carbocycles. The number of hydrogen-bond donors (Lipinski definition) is 1. The molecule has 2 aromatic rings. The van der Waals surface area contributed by atoms with Crippen LogP contribution in [0.2, 0.25) is 0 Å². The first-order chi connectivity index (χ1) is 14.4. The van der Waals surface area contributed by atoms with E-state index in [1.807, 2.05) is 29.8 Å². The normalized spacial score (nSPS) is 24.2. The molecule has 2 saturated heterocycles. The first kappa shape index (κ1) is 23.2. The Kier molecular flexibility index (Phi) is 6.44. The van der Waals surface area contributed by atoms with Gasteiger partial charge in [-0.2, -0.15) is 17.5 Å². The van der Waals surface area contributed by atoms with Crippen molar-refractivity contribution in [2.45, 2.75) is 42.5 Å². The Morgan fingerprint density at radius 1 is 1.32 bits per heavy atom. The van der Waals surface area contributed by atoms with Gasteiger partial charge in [0.2, 0.25) is 10.0 Å². The second-order valence-corrected chi connectivity index (χ2v) is 9.43. The van der Waals surface area contributed by atoms with Crippen molar-refractivity contribution in [3.05, 3.63) is 48.5 Å². The molecule has 8 nitrogen and oxygen atoms in total. The molecule has 170 valence electrons. The molecule has 3 heterocycles. The monoisotopic (exact) mass is 461 g/mol. The van der Waals surface area contributed by atoms with E-state index in [2.05, 4.69) is 4.98 Å². The number of aromatic nitrogens is 2. The van der Waals surface area contributed by atoms with Crippen molar-refractivity contribution < 1.29 is 36.2 Å². The molecule has 1 aromatic heterocycles. The van der Waals surface area contributed by atoms with E-state index in [1.165, 1.54) is 0 Å². The number of imidazole rings is 1. The summed E-state index contributed by atoms with van der Waals surface area (Å²) in [5.41, 5.74) is 0.409. The molecule has 4 rings (SSSR count). The van der Waals surface area contributed by atoms with E-state index in [-0.39, 0.29) is 11.6 Å². The van der Waals surface area contributed by atoms with Gasteiger partial charge >= 0.3 is 12.1 Å². The molecule has 0 bridgehead atoms. The molecule has 1 spiro atoms. The summed E-state index contributed by atoms with van der Waals surface area (Å²) in [4.78, 5) is 13.4. The Hall–Kier alpha value is -2.44. The highest BCUT2D eigenvalue weighted by Gasteiger charge is 2.49. The summed E-state index contributed by atoms with van der Waals surface area (Å²) in [6, 6.07) is 7.37. The van der Waals surface area contributed by atoms with Gasteiger partial charge in [-0.15, -0.1) is 0 Å². The number of aryl methyl sites for hydroxylation is 1. The molecular formula is C19H22F3N3O5S. The minimum Gasteiger partial charge on any atom is -0.475 e. The van der Waals surface area contributed by atoms with Gasteiger partial charge in [0.15, 0.2) is 0 Å². The first-order valence-electron chi connectivity index (χ1n) is 9.42. The molecule has 31 heavy (non-hydrogen) atoms. The smallest absolute Gasteiger partial charge is 0.475 e. The van der Waals surface area contributed by atoms with Crippen molar-refractivity contribution in [1.82, 2.24) is 13.9 Å². The van der Waals surface area contributed by atoms with E-state index in [9.17, 15) is 21.6 Å². The van der Waals surface area contributed by atoms with Crippen LogP contribution in [0, 0.1) is 6.92 Å². The highest BCUT2D eigenvalue weighted by Crippen LogP contribution is 2.41. The topological polar surface area (TPSA) is 102 Å². The quantitative estimate of drug-likeness (QED) is 0.754. The van der Waals surface area contributed by atoms with Crippen molar-refractivity contribution in [3.63, 3.8) is 0 Å². The van der Waals surface area contributed by atoms with E-state index in [4.69, 9.17) is 14.6 Å². The standard InChI is InChI=1S/C17H21N3O3S.C2HF3O2/c1-14-4-2-3-5-16(14)24(21,22)20-8-6-17(12-20)10-15(11-23-17)19-9-7-18-13-19;3-2(4,5)1(6)7/h2-5,7,9,13,15H,6,8,10-12H2,1H3;(H,6,7). The van der Waals surface area contributed by atoms with Gasteiger partial charge < -0.3 is 14.4 Å². The van der Waals surface area contributed by atoms with Crippen LogP contribution in [0.1, 0.15) is 24.4 Å². The third-order valence-corrected chi connectivity index (χ3v) is 7.38. The molecule has 2 unspecified atom stereocenters. The third kappa shape index (κ3) is 5.08. The number of carboxylic acid groups (broad SMARTS) is 1. The van der Waals surface area contributed by atoms with Crippen LogP contribution in [-0.4, -0.2) is 64.8 Å². The maximum absolute atomic E-state index is 13.0. The van der Waals surface area contributed by atoms with Gasteiger partial charge in [0.25, 0.3) is 0 Å². The molecule has 1 aromatic carbocycles. The van der Waals surface area contributed by atoms with Crippen LogP contribution in [0.3, 0.4) is 0 Å². The highest BCUT2D eigenvalue weighted by molar-refractivity contribution is 7.89. The number of aliphatic carboxylic acids is 1. The highest BCUT2D eigenvalue weighted by atomic mass is 32.2. The molecule has 12 heteroatoms. The summed E-state index contributed by atoms with van der Waals surface area (Å²) in [5, 5.41) is 7.12. The average molecular weight is 461 g/mol. The largest absolute Gasteiger partial charge is 0.490 e. The van der Waals surface area contributed by atoms with Gasteiger partial charge in [-0.3, -0.25) is 0 Å². The second-order valence-electron chi connectivity index (χ2n) is 7.52.